The Morgan fingerprint density at radius 1 is 1.26 bits per heavy atom. The standard InChI is InChI=1S/C14H13NO3S/c1-14(17-7-8-18-14)13-15-9-11(19-13)12(16)10-5-3-2-4-6-10/h2-6,9H,7-8H2,1H3. The first-order chi connectivity index (χ1) is 9.19. The van der Waals surface area contributed by atoms with E-state index in [4.69, 9.17) is 9.47 Å². The maximum atomic E-state index is 12.3. The predicted molar refractivity (Wildman–Crippen MR) is 71.2 cm³/mol. The number of carbonyl (C=O) groups excluding carboxylic acids is 1. The molecule has 2 aromatic rings. The molecule has 98 valence electrons. The second-order valence-electron chi connectivity index (χ2n) is 4.37. The SMILES string of the molecule is CC1(c2ncc(C(=O)c3ccccc3)s2)OCCO1. The van der Waals surface area contributed by atoms with Crippen molar-refractivity contribution in [3.05, 3.63) is 52.0 Å². The van der Waals surface area contributed by atoms with Crippen LogP contribution in [0.2, 0.25) is 0 Å². The first-order valence-electron chi connectivity index (χ1n) is 6.03. The summed E-state index contributed by atoms with van der Waals surface area (Å²) >= 11 is 1.32. The fraction of sp³-hybridized carbons (Fsp3) is 0.286. The molecule has 5 heteroatoms. The number of carbonyl (C=O) groups is 1. The maximum absolute atomic E-state index is 12.3. The number of rotatable bonds is 3. The van der Waals surface area contributed by atoms with E-state index in [0.29, 0.717) is 28.7 Å². The number of ether oxygens (including phenoxy) is 2. The lowest BCUT2D eigenvalue weighted by atomic mass is 10.1. The molecule has 0 radical (unpaired) electrons. The zero-order valence-electron chi connectivity index (χ0n) is 10.5. The monoisotopic (exact) mass is 275 g/mol. The van der Waals surface area contributed by atoms with Gasteiger partial charge in [0, 0.05) is 11.8 Å². The highest BCUT2D eigenvalue weighted by atomic mass is 32.1. The summed E-state index contributed by atoms with van der Waals surface area (Å²) in [7, 11) is 0. The second-order valence-corrected chi connectivity index (χ2v) is 5.40. The van der Waals surface area contributed by atoms with Crippen molar-refractivity contribution in [2.45, 2.75) is 12.7 Å². The van der Waals surface area contributed by atoms with Crippen molar-refractivity contribution in [2.24, 2.45) is 0 Å². The summed E-state index contributed by atoms with van der Waals surface area (Å²) in [5, 5.41) is 0.685. The molecule has 0 spiro atoms. The molecule has 1 aliphatic heterocycles. The lowest BCUT2D eigenvalue weighted by Gasteiger charge is -2.18. The normalized spacial score (nSPS) is 17.5. The summed E-state index contributed by atoms with van der Waals surface area (Å²) in [5.74, 6) is -0.828. The van der Waals surface area contributed by atoms with Crippen LogP contribution in [-0.4, -0.2) is 24.0 Å². The van der Waals surface area contributed by atoms with E-state index >= 15 is 0 Å². The van der Waals surface area contributed by atoms with Gasteiger partial charge >= 0.3 is 0 Å². The molecule has 0 aliphatic carbocycles. The molecule has 19 heavy (non-hydrogen) atoms. The Morgan fingerprint density at radius 2 is 1.95 bits per heavy atom. The molecule has 0 bridgehead atoms. The Kier molecular flexibility index (Phi) is 3.18. The van der Waals surface area contributed by atoms with Gasteiger partial charge in [0.25, 0.3) is 0 Å². The average Bonchev–Trinajstić information content (AvgIpc) is 3.08. The summed E-state index contributed by atoms with van der Waals surface area (Å²) in [6.45, 7) is 2.94. The van der Waals surface area contributed by atoms with Gasteiger partial charge in [-0.1, -0.05) is 30.3 Å². The maximum Gasteiger partial charge on any atom is 0.219 e. The van der Waals surface area contributed by atoms with Gasteiger partial charge in [-0.05, 0) is 6.92 Å². The van der Waals surface area contributed by atoms with E-state index in [9.17, 15) is 4.79 Å². The summed E-state index contributed by atoms with van der Waals surface area (Å²) in [6, 6.07) is 9.17. The molecule has 0 unspecified atom stereocenters. The van der Waals surface area contributed by atoms with Gasteiger partial charge in [0.1, 0.15) is 0 Å². The third-order valence-electron chi connectivity index (χ3n) is 2.99. The number of hydrogen-bond acceptors (Lipinski definition) is 5. The molecule has 3 rings (SSSR count). The third-order valence-corrected chi connectivity index (χ3v) is 4.17. The minimum absolute atomic E-state index is 0.0223. The van der Waals surface area contributed by atoms with Gasteiger partial charge in [-0.15, -0.1) is 11.3 Å². The fourth-order valence-electron chi connectivity index (χ4n) is 1.96. The Morgan fingerprint density at radius 3 is 2.63 bits per heavy atom. The Labute approximate surface area is 115 Å². The molecule has 4 nitrogen and oxygen atoms in total. The van der Waals surface area contributed by atoms with Crippen molar-refractivity contribution in [3.63, 3.8) is 0 Å². The molecular formula is C14H13NO3S. The van der Waals surface area contributed by atoms with E-state index in [0.717, 1.165) is 0 Å². The quantitative estimate of drug-likeness (QED) is 0.808. The molecule has 2 heterocycles. The highest BCUT2D eigenvalue weighted by molar-refractivity contribution is 7.14. The molecule has 1 aromatic heterocycles. The molecule has 1 aromatic carbocycles. The van der Waals surface area contributed by atoms with E-state index in [1.165, 1.54) is 11.3 Å². The van der Waals surface area contributed by atoms with Gasteiger partial charge < -0.3 is 9.47 Å². The van der Waals surface area contributed by atoms with Crippen molar-refractivity contribution in [1.82, 2.24) is 4.98 Å². The minimum Gasteiger partial charge on any atom is -0.342 e. The molecule has 0 N–H and O–H groups in total. The van der Waals surface area contributed by atoms with Crippen LogP contribution in [0.1, 0.15) is 27.2 Å². The summed E-state index contributed by atoms with van der Waals surface area (Å²) in [5.41, 5.74) is 0.663. The van der Waals surface area contributed by atoms with Gasteiger partial charge in [0.05, 0.1) is 18.1 Å². The van der Waals surface area contributed by atoms with Crippen LogP contribution in [0.25, 0.3) is 0 Å². The van der Waals surface area contributed by atoms with E-state index in [1.54, 1.807) is 18.3 Å². The highest BCUT2D eigenvalue weighted by Crippen LogP contribution is 2.34. The first kappa shape index (κ1) is 12.5. The lowest BCUT2D eigenvalue weighted by Crippen LogP contribution is -2.21. The van der Waals surface area contributed by atoms with Gasteiger partial charge in [-0.2, -0.15) is 0 Å². The van der Waals surface area contributed by atoms with Crippen LogP contribution in [0.3, 0.4) is 0 Å². The van der Waals surface area contributed by atoms with Gasteiger partial charge in [0.2, 0.25) is 11.6 Å². The Hall–Kier alpha value is -1.56. The fourth-order valence-corrected chi connectivity index (χ4v) is 2.89. The topological polar surface area (TPSA) is 48.4 Å². The summed E-state index contributed by atoms with van der Waals surface area (Å²) < 4.78 is 11.1. The molecule has 1 fully saturated rings. The van der Waals surface area contributed by atoms with Crippen molar-refractivity contribution >= 4 is 17.1 Å². The van der Waals surface area contributed by atoms with Crippen molar-refractivity contribution in [3.8, 4) is 0 Å². The van der Waals surface area contributed by atoms with Crippen LogP contribution in [0, 0.1) is 0 Å². The lowest BCUT2D eigenvalue weighted by molar-refractivity contribution is -0.149. The average molecular weight is 275 g/mol. The zero-order valence-corrected chi connectivity index (χ0v) is 11.3. The summed E-state index contributed by atoms with van der Waals surface area (Å²) in [6.07, 6.45) is 1.59. The van der Waals surface area contributed by atoms with E-state index in [2.05, 4.69) is 4.98 Å². The molecule has 1 saturated heterocycles. The number of aromatic nitrogens is 1. The molecule has 0 atom stereocenters. The minimum atomic E-state index is -0.806. The summed E-state index contributed by atoms with van der Waals surface area (Å²) in [4.78, 5) is 17.1. The van der Waals surface area contributed by atoms with Crippen molar-refractivity contribution in [1.29, 1.82) is 0 Å². The largest absolute Gasteiger partial charge is 0.342 e. The predicted octanol–water partition coefficient (Wildman–Crippen LogP) is 2.59. The van der Waals surface area contributed by atoms with Crippen LogP contribution in [0.15, 0.2) is 36.5 Å². The van der Waals surface area contributed by atoms with Gasteiger partial charge in [0.15, 0.2) is 5.01 Å². The second kappa shape index (κ2) is 4.85. The van der Waals surface area contributed by atoms with Gasteiger partial charge in [-0.3, -0.25) is 4.79 Å². The number of hydrogen-bond donors (Lipinski definition) is 0. The Bertz CT molecular complexity index is 588. The molecular weight excluding hydrogens is 262 g/mol. The highest BCUT2D eigenvalue weighted by Gasteiger charge is 2.36. The van der Waals surface area contributed by atoms with Crippen LogP contribution in [0.5, 0.6) is 0 Å². The number of nitrogens with zero attached hydrogens (tertiary/aromatic N) is 1. The van der Waals surface area contributed by atoms with Crippen molar-refractivity contribution in [2.75, 3.05) is 13.2 Å². The molecule has 1 aliphatic rings. The van der Waals surface area contributed by atoms with Crippen LogP contribution < -0.4 is 0 Å². The van der Waals surface area contributed by atoms with Crippen LogP contribution in [0.4, 0.5) is 0 Å². The number of thiazole rings is 1. The number of ketones is 1. The number of benzene rings is 1. The first-order valence-corrected chi connectivity index (χ1v) is 6.85. The third kappa shape index (κ3) is 2.32. The smallest absolute Gasteiger partial charge is 0.219 e. The van der Waals surface area contributed by atoms with Gasteiger partial charge in [-0.25, -0.2) is 4.98 Å². The van der Waals surface area contributed by atoms with E-state index in [1.807, 2.05) is 25.1 Å². The van der Waals surface area contributed by atoms with Crippen LogP contribution >= 0.6 is 11.3 Å². The zero-order chi connectivity index (χ0) is 13.3. The van der Waals surface area contributed by atoms with Crippen molar-refractivity contribution < 1.29 is 14.3 Å². The molecule has 0 amide bonds. The van der Waals surface area contributed by atoms with E-state index in [-0.39, 0.29) is 5.78 Å². The van der Waals surface area contributed by atoms with E-state index < -0.39 is 5.79 Å². The van der Waals surface area contributed by atoms with Crippen LogP contribution in [-0.2, 0) is 15.3 Å². The Balaban J connectivity index is 1.88. The molecule has 0 saturated carbocycles.